The zero-order valence-corrected chi connectivity index (χ0v) is 9.13. The third-order valence-electron chi connectivity index (χ3n) is 2.84. The van der Waals surface area contributed by atoms with Gasteiger partial charge in [0.25, 0.3) is 0 Å². The van der Waals surface area contributed by atoms with Crippen molar-refractivity contribution in [3.63, 3.8) is 0 Å². The van der Waals surface area contributed by atoms with Gasteiger partial charge in [-0.2, -0.15) is 0 Å². The standard InChI is InChI=1S/C11H14ClNO2/c12-8-1-2-10(13)9(7-8)11(14)3-5-15-6-4-11/h1-2,7,14H,3-6,13H2. The second-order valence-electron chi connectivity index (χ2n) is 3.88. The van der Waals surface area contributed by atoms with Gasteiger partial charge in [0.2, 0.25) is 0 Å². The molecule has 0 saturated carbocycles. The summed E-state index contributed by atoms with van der Waals surface area (Å²) in [6.07, 6.45) is 1.13. The van der Waals surface area contributed by atoms with Crippen LogP contribution < -0.4 is 5.73 Å². The van der Waals surface area contributed by atoms with Crippen LogP contribution in [0.3, 0.4) is 0 Å². The fourth-order valence-corrected chi connectivity index (χ4v) is 2.08. The van der Waals surface area contributed by atoms with Crippen molar-refractivity contribution in [1.29, 1.82) is 0 Å². The molecule has 3 N–H and O–H groups in total. The third-order valence-corrected chi connectivity index (χ3v) is 3.07. The molecule has 0 amide bonds. The van der Waals surface area contributed by atoms with Gasteiger partial charge in [0, 0.05) is 42.3 Å². The minimum absolute atomic E-state index is 0.558. The molecular weight excluding hydrogens is 214 g/mol. The van der Waals surface area contributed by atoms with E-state index < -0.39 is 5.60 Å². The predicted octanol–water partition coefficient (Wildman–Crippen LogP) is 1.92. The van der Waals surface area contributed by atoms with Crippen LogP contribution in [0.5, 0.6) is 0 Å². The minimum Gasteiger partial charge on any atom is -0.398 e. The topological polar surface area (TPSA) is 55.5 Å². The van der Waals surface area contributed by atoms with E-state index in [0.717, 1.165) is 5.56 Å². The smallest absolute Gasteiger partial charge is 0.0960 e. The van der Waals surface area contributed by atoms with Crippen molar-refractivity contribution < 1.29 is 9.84 Å². The van der Waals surface area contributed by atoms with Gasteiger partial charge < -0.3 is 15.6 Å². The van der Waals surface area contributed by atoms with Crippen LogP contribution in [0, 0.1) is 0 Å². The lowest BCUT2D eigenvalue weighted by Gasteiger charge is -2.33. The molecule has 0 aromatic heterocycles. The highest BCUT2D eigenvalue weighted by Crippen LogP contribution is 2.36. The summed E-state index contributed by atoms with van der Waals surface area (Å²) < 4.78 is 5.22. The Hall–Kier alpha value is -0.770. The van der Waals surface area contributed by atoms with Gasteiger partial charge in [0.05, 0.1) is 5.60 Å². The van der Waals surface area contributed by atoms with Gasteiger partial charge in [-0.1, -0.05) is 11.6 Å². The molecule has 1 fully saturated rings. The normalized spacial score (nSPS) is 20.1. The number of hydrogen-bond donors (Lipinski definition) is 2. The fraction of sp³-hybridized carbons (Fsp3) is 0.455. The van der Waals surface area contributed by atoms with E-state index in [1.54, 1.807) is 18.2 Å². The molecule has 0 radical (unpaired) electrons. The summed E-state index contributed by atoms with van der Waals surface area (Å²) in [6, 6.07) is 5.19. The molecule has 1 aliphatic rings. The van der Waals surface area contributed by atoms with E-state index in [0.29, 0.717) is 36.8 Å². The Kier molecular flexibility index (Phi) is 2.87. The zero-order chi connectivity index (χ0) is 10.9. The Morgan fingerprint density at radius 1 is 1.33 bits per heavy atom. The highest BCUT2D eigenvalue weighted by molar-refractivity contribution is 6.30. The second-order valence-corrected chi connectivity index (χ2v) is 4.31. The lowest BCUT2D eigenvalue weighted by atomic mass is 9.85. The SMILES string of the molecule is Nc1ccc(Cl)cc1C1(O)CCOCC1. The molecule has 4 heteroatoms. The molecule has 0 spiro atoms. The van der Waals surface area contributed by atoms with Gasteiger partial charge in [-0.15, -0.1) is 0 Å². The Morgan fingerprint density at radius 3 is 2.67 bits per heavy atom. The van der Waals surface area contributed by atoms with Crippen LogP contribution in [-0.2, 0) is 10.3 Å². The van der Waals surface area contributed by atoms with E-state index in [1.165, 1.54) is 0 Å². The maximum atomic E-state index is 10.4. The molecule has 1 saturated heterocycles. The molecule has 15 heavy (non-hydrogen) atoms. The number of anilines is 1. The predicted molar refractivity (Wildman–Crippen MR) is 59.8 cm³/mol. The third kappa shape index (κ3) is 2.09. The summed E-state index contributed by atoms with van der Waals surface area (Å²) in [5.74, 6) is 0. The van der Waals surface area contributed by atoms with Crippen molar-refractivity contribution in [2.75, 3.05) is 18.9 Å². The monoisotopic (exact) mass is 227 g/mol. The molecule has 1 heterocycles. The largest absolute Gasteiger partial charge is 0.398 e. The summed E-state index contributed by atoms with van der Waals surface area (Å²) in [7, 11) is 0. The molecule has 2 rings (SSSR count). The van der Waals surface area contributed by atoms with Gasteiger partial charge in [0.1, 0.15) is 0 Å². The quantitative estimate of drug-likeness (QED) is 0.721. The molecule has 1 aromatic rings. The zero-order valence-electron chi connectivity index (χ0n) is 8.37. The summed E-state index contributed by atoms with van der Waals surface area (Å²) in [5.41, 5.74) is 6.27. The second kappa shape index (κ2) is 4.00. The molecule has 0 bridgehead atoms. The van der Waals surface area contributed by atoms with E-state index in [2.05, 4.69) is 0 Å². The number of aliphatic hydroxyl groups is 1. The number of benzene rings is 1. The lowest BCUT2D eigenvalue weighted by molar-refractivity contribution is -0.0674. The highest BCUT2D eigenvalue weighted by atomic mass is 35.5. The van der Waals surface area contributed by atoms with E-state index in [-0.39, 0.29) is 0 Å². The van der Waals surface area contributed by atoms with Crippen LogP contribution >= 0.6 is 11.6 Å². The number of rotatable bonds is 1. The molecule has 1 aromatic carbocycles. The van der Waals surface area contributed by atoms with Gasteiger partial charge in [0.15, 0.2) is 0 Å². The lowest BCUT2D eigenvalue weighted by Crippen LogP contribution is -2.34. The van der Waals surface area contributed by atoms with Gasteiger partial charge in [-0.3, -0.25) is 0 Å². The van der Waals surface area contributed by atoms with E-state index in [4.69, 9.17) is 22.1 Å². The first-order valence-electron chi connectivity index (χ1n) is 4.97. The maximum absolute atomic E-state index is 10.4. The van der Waals surface area contributed by atoms with Crippen molar-refractivity contribution >= 4 is 17.3 Å². The van der Waals surface area contributed by atoms with Gasteiger partial charge >= 0.3 is 0 Å². The van der Waals surface area contributed by atoms with Crippen molar-refractivity contribution in [2.45, 2.75) is 18.4 Å². The summed E-state index contributed by atoms with van der Waals surface area (Å²) in [6.45, 7) is 1.12. The van der Waals surface area contributed by atoms with Crippen LogP contribution in [0.2, 0.25) is 5.02 Å². The Bertz CT molecular complexity index is 362. The molecule has 1 aliphatic heterocycles. The van der Waals surface area contributed by atoms with Crippen molar-refractivity contribution in [3.8, 4) is 0 Å². The number of hydrogen-bond acceptors (Lipinski definition) is 3. The van der Waals surface area contributed by atoms with Crippen LogP contribution in [0.4, 0.5) is 5.69 Å². The summed E-state index contributed by atoms with van der Waals surface area (Å²) in [5, 5.41) is 11.0. The van der Waals surface area contributed by atoms with Gasteiger partial charge in [-0.25, -0.2) is 0 Å². The fourth-order valence-electron chi connectivity index (χ4n) is 1.91. The first-order chi connectivity index (χ1) is 7.12. The minimum atomic E-state index is -0.882. The molecule has 82 valence electrons. The van der Waals surface area contributed by atoms with Crippen molar-refractivity contribution in [2.24, 2.45) is 0 Å². The average Bonchev–Trinajstić information content (AvgIpc) is 2.23. The van der Waals surface area contributed by atoms with Crippen LogP contribution in [0.15, 0.2) is 18.2 Å². The molecule has 0 atom stereocenters. The molecule has 0 aliphatic carbocycles. The number of ether oxygens (including phenoxy) is 1. The molecule has 3 nitrogen and oxygen atoms in total. The van der Waals surface area contributed by atoms with Crippen LogP contribution in [0.1, 0.15) is 18.4 Å². The van der Waals surface area contributed by atoms with Crippen LogP contribution in [0.25, 0.3) is 0 Å². The Labute approximate surface area is 93.8 Å². The molecular formula is C11H14ClNO2. The number of halogens is 1. The number of nitrogen functional groups attached to an aromatic ring is 1. The Morgan fingerprint density at radius 2 is 2.00 bits per heavy atom. The molecule has 0 unspecified atom stereocenters. The summed E-state index contributed by atoms with van der Waals surface area (Å²) in [4.78, 5) is 0. The van der Waals surface area contributed by atoms with E-state index in [9.17, 15) is 5.11 Å². The Balaban J connectivity index is 2.38. The van der Waals surface area contributed by atoms with Crippen molar-refractivity contribution in [1.82, 2.24) is 0 Å². The first kappa shape index (κ1) is 10.7. The van der Waals surface area contributed by atoms with Gasteiger partial charge in [-0.05, 0) is 18.2 Å². The number of nitrogens with two attached hydrogens (primary N) is 1. The van der Waals surface area contributed by atoms with Crippen molar-refractivity contribution in [3.05, 3.63) is 28.8 Å². The van der Waals surface area contributed by atoms with E-state index >= 15 is 0 Å². The highest BCUT2D eigenvalue weighted by Gasteiger charge is 2.33. The first-order valence-corrected chi connectivity index (χ1v) is 5.35. The maximum Gasteiger partial charge on any atom is 0.0960 e. The summed E-state index contributed by atoms with van der Waals surface area (Å²) >= 11 is 5.90. The van der Waals surface area contributed by atoms with E-state index in [1.807, 2.05) is 0 Å². The van der Waals surface area contributed by atoms with Crippen LogP contribution in [-0.4, -0.2) is 18.3 Å². The average molecular weight is 228 g/mol.